The van der Waals surface area contributed by atoms with Crippen molar-refractivity contribution in [3.8, 4) is 0 Å². The zero-order valence-electron chi connectivity index (χ0n) is 14.1. The summed E-state index contributed by atoms with van der Waals surface area (Å²) >= 11 is 0. The van der Waals surface area contributed by atoms with E-state index in [1.54, 1.807) is 13.1 Å². The molecule has 0 unspecified atom stereocenters. The van der Waals surface area contributed by atoms with Gasteiger partial charge in [0, 0.05) is 32.5 Å². The second-order valence-electron chi connectivity index (χ2n) is 5.79. The maximum atomic E-state index is 12.2. The van der Waals surface area contributed by atoms with Gasteiger partial charge in [0.15, 0.2) is 5.69 Å². The predicted octanol–water partition coefficient (Wildman–Crippen LogP) is 0.303. The number of nitrogens with one attached hydrogen (secondary N) is 1. The number of nitrogens with zero attached hydrogens (tertiary/aromatic N) is 5. The highest BCUT2D eigenvalue weighted by atomic mass is 16.6. The molecule has 3 heterocycles. The number of carbonyl (C=O) groups excluding carboxylic acids is 1. The third-order valence-electron chi connectivity index (χ3n) is 4.32. The largest absolute Gasteiger partial charge is 0.373 e. The average molecular weight is 334 g/mol. The fourth-order valence-corrected chi connectivity index (χ4v) is 3.02. The van der Waals surface area contributed by atoms with E-state index < -0.39 is 0 Å². The van der Waals surface area contributed by atoms with Gasteiger partial charge in [0.2, 0.25) is 0 Å². The second kappa shape index (κ2) is 7.10. The summed E-state index contributed by atoms with van der Waals surface area (Å²) in [4.78, 5) is 19.0. The molecule has 1 aliphatic heterocycles. The average Bonchev–Trinajstić information content (AvgIpc) is 3.20. The van der Waals surface area contributed by atoms with Crippen LogP contribution in [-0.4, -0.2) is 63.0 Å². The number of amides is 1. The Hall–Kier alpha value is -2.26. The van der Waals surface area contributed by atoms with Crippen LogP contribution in [0.4, 0.5) is 0 Å². The van der Waals surface area contributed by atoms with Crippen molar-refractivity contribution in [1.29, 1.82) is 0 Å². The van der Waals surface area contributed by atoms with Crippen LogP contribution in [-0.2, 0) is 11.8 Å². The van der Waals surface area contributed by atoms with Crippen LogP contribution in [0.3, 0.4) is 0 Å². The number of carbonyl (C=O) groups is 1. The van der Waals surface area contributed by atoms with E-state index in [2.05, 4.69) is 37.1 Å². The molecule has 0 saturated carbocycles. The van der Waals surface area contributed by atoms with Crippen molar-refractivity contribution < 1.29 is 14.2 Å². The van der Waals surface area contributed by atoms with Crippen molar-refractivity contribution >= 4 is 5.91 Å². The van der Waals surface area contributed by atoms with Crippen LogP contribution < -0.4 is 5.32 Å². The number of likely N-dealkylation sites (N-methyl/N-ethyl adjacent to an activating group) is 1. The number of hydrogen-bond donors (Lipinski definition) is 1. The fourth-order valence-electron chi connectivity index (χ4n) is 3.02. The zero-order chi connectivity index (χ0) is 17.1. The maximum absolute atomic E-state index is 12.2. The number of aryl methyl sites for hydroxylation is 2. The molecule has 1 amide bonds. The SMILES string of the molecule is CCN1CCO[C@@H](CNC(=O)c2nonc2C)[C@@H]1c1nccn1C. The van der Waals surface area contributed by atoms with Crippen molar-refractivity contribution in [3.05, 3.63) is 29.6 Å². The first-order chi connectivity index (χ1) is 11.6. The molecule has 9 heteroatoms. The van der Waals surface area contributed by atoms with Crippen LogP contribution >= 0.6 is 0 Å². The highest BCUT2D eigenvalue weighted by molar-refractivity contribution is 5.92. The Bertz CT molecular complexity index is 697. The highest BCUT2D eigenvalue weighted by Crippen LogP contribution is 2.27. The summed E-state index contributed by atoms with van der Waals surface area (Å²) in [7, 11) is 1.96. The Labute approximate surface area is 139 Å². The Kier molecular flexibility index (Phi) is 4.91. The molecule has 2 aromatic rings. The molecule has 1 N–H and O–H groups in total. The molecule has 0 aromatic carbocycles. The minimum atomic E-state index is -0.315. The molecule has 2 aromatic heterocycles. The van der Waals surface area contributed by atoms with Gasteiger partial charge in [-0.2, -0.15) is 0 Å². The van der Waals surface area contributed by atoms with E-state index in [9.17, 15) is 4.79 Å². The van der Waals surface area contributed by atoms with Gasteiger partial charge >= 0.3 is 0 Å². The quantitative estimate of drug-likeness (QED) is 0.840. The van der Waals surface area contributed by atoms with Crippen molar-refractivity contribution in [1.82, 2.24) is 30.1 Å². The highest BCUT2D eigenvalue weighted by Gasteiger charge is 2.35. The van der Waals surface area contributed by atoms with Crippen LogP contribution in [0.25, 0.3) is 0 Å². The second-order valence-corrected chi connectivity index (χ2v) is 5.79. The molecule has 0 spiro atoms. The summed E-state index contributed by atoms with van der Waals surface area (Å²) < 4.78 is 12.5. The zero-order valence-corrected chi connectivity index (χ0v) is 14.1. The van der Waals surface area contributed by atoms with Crippen molar-refractivity contribution in [3.63, 3.8) is 0 Å². The Morgan fingerprint density at radius 1 is 1.46 bits per heavy atom. The first-order valence-electron chi connectivity index (χ1n) is 8.02. The van der Waals surface area contributed by atoms with E-state index >= 15 is 0 Å². The molecular formula is C15H22N6O3. The molecule has 9 nitrogen and oxygen atoms in total. The van der Waals surface area contributed by atoms with E-state index in [4.69, 9.17) is 4.74 Å². The normalized spacial score (nSPS) is 21.8. The fraction of sp³-hybridized carbons (Fsp3) is 0.600. The molecule has 1 fully saturated rings. The van der Waals surface area contributed by atoms with Gasteiger partial charge in [-0.25, -0.2) is 9.61 Å². The topological polar surface area (TPSA) is 98.3 Å². The van der Waals surface area contributed by atoms with Crippen LogP contribution in [0.15, 0.2) is 17.0 Å². The van der Waals surface area contributed by atoms with Gasteiger partial charge in [-0.05, 0) is 18.6 Å². The summed E-state index contributed by atoms with van der Waals surface area (Å²) in [6.07, 6.45) is 3.50. The lowest BCUT2D eigenvalue weighted by molar-refractivity contribution is -0.0720. The molecule has 1 aliphatic rings. The minimum Gasteiger partial charge on any atom is -0.373 e. The summed E-state index contributed by atoms with van der Waals surface area (Å²) in [6.45, 7) is 6.50. The molecular weight excluding hydrogens is 312 g/mol. The van der Waals surface area contributed by atoms with Gasteiger partial charge in [-0.15, -0.1) is 0 Å². The first-order valence-corrected chi connectivity index (χ1v) is 8.02. The summed E-state index contributed by atoms with van der Waals surface area (Å²) in [5.74, 6) is 0.611. The lowest BCUT2D eigenvalue weighted by Crippen LogP contribution is -2.50. The minimum absolute atomic E-state index is 0.0134. The lowest BCUT2D eigenvalue weighted by Gasteiger charge is -2.40. The summed E-state index contributed by atoms with van der Waals surface area (Å²) in [5.41, 5.74) is 0.666. The molecule has 1 saturated heterocycles. The molecule has 0 radical (unpaired) electrons. The van der Waals surface area contributed by atoms with Crippen LogP contribution in [0.5, 0.6) is 0 Å². The Morgan fingerprint density at radius 3 is 2.92 bits per heavy atom. The van der Waals surface area contributed by atoms with E-state index in [0.29, 0.717) is 18.8 Å². The van der Waals surface area contributed by atoms with Gasteiger partial charge in [-0.1, -0.05) is 12.1 Å². The number of morpholine rings is 1. The molecule has 130 valence electrons. The van der Waals surface area contributed by atoms with Gasteiger partial charge in [0.05, 0.1) is 18.8 Å². The van der Waals surface area contributed by atoms with Crippen LogP contribution in [0.2, 0.25) is 0 Å². The van der Waals surface area contributed by atoms with E-state index in [1.807, 2.05) is 17.8 Å². The van der Waals surface area contributed by atoms with Crippen molar-refractivity contribution in [2.24, 2.45) is 7.05 Å². The van der Waals surface area contributed by atoms with Crippen molar-refractivity contribution in [2.75, 3.05) is 26.2 Å². The Morgan fingerprint density at radius 2 is 2.29 bits per heavy atom. The van der Waals surface area contributed by atoms with Gasteiger partial charge in [0.1, 0.15) is 11.5 Å². The molecule has 0 bridgehead atoms. The van der Waals surface area contributed by atoms with Crippen LogP contribution in [0.1, 0.15) is 35.0 Å². The van der Waals surface area contributed by atoms with Gasteiger partial charge in [-0.3, -0.25) is 9.69 Å². The maximum Gasteiger partial charge on any atom is 0.275 e. The third kappa shape index (κ3) is 3.17. The van der Waals surface area contributed by atoms with E-state index in [0.717, 1.165) is 18.9 Å². The van der Waals surface area contributed by atoms with E-state index in [-0.39, 0.29) is 23.7 Å². The predicted molar refractivity (Wildman–Crippen MR) is 84.3 cm³/mol. The molecule has 3 rings (SSSR count). The molecule has 24 heavy (non-hydrogen) atoms. The van der Waals surface area contributed by atoms with Gasteiger partial charge in [0.25, 0.3) is 5.91 Å². The number of imidazole rings is 1. The third-order valence-corrected chi connectivity index (χ3v) is 4.32. The lowest BCUT2D eigenvalue weighted by atomic mass is 10.1. The number of rotatable bonds is 5. The molecule has 0 aliphatic carbocycles. The first kappa shape index (κ1) is 16.6. The number of hydrogen-bond acceptors (Lipinski definition) is 7. The monoisotopic (exact) mass is 334 g/mol. The standard InChI is InChI=1S/C15H22N6O3/c1-4-21-7-8-23-11(13(21)14-16-5-6-20(14)3)9-17-15(22)12-10(2)18-24-19-12/h5-6,11,13H,4,7-9H2,1-3H3,(H,17,22)/t11-,13+/m0/s1. The molecule has 2 atom stereocenters. The van der Waals surface area contributed by atoms with Crippen LogP contribution in [0, 0.1) is 6.92 Å². The van der Waals surface area contributed by atoms with E-state index in [1.165, 1.54) is 0 Å². The number of ether oxygens (including phenoxy) is 1. The van der Waals surface area contributed by atoms with Crippen molar-refractivity contribution in [2.45, 2.75) is 26.0 Å². The van der Waals surface area contributed by atoms with Gasteiger partial charge < -0.3 is 14.6 Å². The smallest absolute Gasteiger partial charge is 0.275 e. The Balaban J connectivity index is 1.73. The number of aromatic nitrogens is 4. The summed E-state index contributed by atoms with van der Waals surface area (Å²) in [6, 6.07) is -0.0134. The summed E-state index contributed by atoms with van der Waals surface area (Å²) in [5, 5.41) is 10.1.